The maximum Gasteiger partial charge on any atom is 0.242 e. The first-order chi connectivity index (χ1) is 9.11. The Balaban J connectivity index is 2.06. The minimum Gasteiger partial charge on any atom is -0.353 e. The lowest BCUT2D eigenvalue weighted by atomic mass is 10.1. The van der Waals surface area contributed by atoms with Gasteiger partial charge in [0.25, 0.3) is 0 Å². The molecule has 1 atom stereocenters. The molecule has 1 heterocycles. The van der Waals surface area contributed by atoms with Crippen molar-refractivity contribution in [3.05, 3.63) is 34.3 Å². The first kappa shape index (κ1) is 14.1. The van der Waals surface area contributed by atoms with Gasteiger partial charge in [0, 0.05) is 17.6 Å². The van der Waals surface area contributed by atoms with Gasteiger partial charge in [-0.2, -0.15) is 0 Å². The normalized spacial score (nSPS) is 19.2. The van der Waals surface area contributed by atoms with E-state index in [4.69, 9.17) is 0 Å². The van der Waals surface area contributed by atoms with E-state index in [2.05, 4.69) is 21.2 Å². The van der Waals surface area contributed by atoms with Gasteiger partial charge in [0.15, 0.2) is 0 Å². The van der Waals surface area contributed by atoms with E-state index in [-0.39, 0.29) is 17.9 Å². The summed E-state index contributed by atoms with van der Waals surface area (Å²) in [6.45, 7) is 3.07. The van der Waals surface area contributed by atoms with E-state index < -0.39 is 0 Å². The maximum absolute atomic E-state index is 12.3. The second kappa shape index (κ2) is 6.19. The molecule has 0 saturated carbocycles. The Morgan fingerprint density at radius 1 is 1.42 bits per heavy atom. The third kappa shape index (κ3) is 3.35. The van der Waals surface area contributed by atoms with Crippen LogP contribution < -0.4 is 5.32 Å². The molecule has 4 nitrogen and oxygen atoms in total. The molecular formula is C14H17BrN2O2. The van der Waals surface area contributed by atoms with Crippen LogP contribution in [0.2, 0.25) is 0 Å². The summed E-state index contributed by atoms with van der Waals surface area (Å²) in [5.74, 6) is -0.0260. The molecular weight excluding hydrogens is 308 g/mol. The number of carbonyl (C=O) groups excluding carboxylic acids is 2. The summed E-state index contributed by atoms with van der Waals surface area (Å²) in [6.07, 6.45) is 0.995. The smallest absolute Gasteiger partial charge is 0.242 e. The van der Waals surface area contributed by atoms with Crippen LogP contribution in [0.25, 0.3) is 0 Å². The summed E-state index contributed by atoms with van der Waals surface area (Å²) in [7, 11) is 0. The summed E-state index contributed by atoms with van der Waals surface area (Å²) >= 11 is 3.37. The molecule has 0 bridgehead atoms. The number of benzene rings is 1. The first-order valence-electron chi connectivity index (χ1n) is 6.43. The molecule has 102 valence electrons. The van der Waals surface area contributed by atoms with Gasteiger partial charge in [-0.3, -0.25) is 9.59 Å². The zero-order valence-electron chi connectivity index (χ0n) is 10.9. The molecule has 1 N–H and O–H groups in total. The van der Waals surface area contributed by atoms with Crippen LogP contribution in [-0.2, 0) is 16.0 Å². The molecule has 1 unspecified atom stereocenters. The van der Waals surface area contributed by atoms with Crippen LogP contribution in [0.15, 0.2) is 28.7 Å². The molecule has 0 aliphatic carbocycles. The van der Waals surface area contributed by atoms with Crippen molar-refractivity contribution in [1.29, 1.82) is 0 Å². The van der Waals surface area contributed by atoms with Crippen molar-refractivity contribution in [2.75, 3.05) is 13.1 Å². The Morgan fingerprint density at radius 3 is 2.74 bits per heavy atom. The van der Waals surface area contributed by atoms with Crippen molar-refractivity contribution < 1.29 is 9.59 Å². The molecule has 5 heteroatoms. The van der Waals surface area contributed by atoms with Gasteiger partial charge in [-0.1, -0.05) is 35.0 Å². The molecule has 1 aromatic rings. The van der Waals surface area contributed by atoms with E-state index in [9.17, 15) is 9.59 Å². The van der Waals surface area contributed by atoms with Crippen molar-refractivity contribution in [3.63, 3.8) is 0 Å². The summed E-state index contributed by atoms with van der Waals surface area (Å²) in [5.41, 5.74) is 0.967. The zero-order valence-corrected chi connectivity index (χ0v) is 12.4. The maximum atomic E-state index is 12.3. The summed E-state index contributed by atoms with van der Waals surface area (Å²) < 4.78 is 0.993. The summed E-state index contributed by atoms with van der Waals surface area (Å²) in [4.78, 5) is 25.7. The number of nitrogens with one attached hydrogen (secondary N) is 1. The molecule has 0 radical (unpaired) electrons. The molecule has 1 aliphatic rings. The Hall–Kier alpha value is -1.36. The topological polar surface area (TPSA) is 49.4 Å². The van der Waals surface area contributed by atoms with E-state index in [1.165, 1.54) is 0 Å². The van der Waals surface area contributed by atoms with Crippen molar-refractivity contribution in [3.8, 4) is 0 Å². The van der Waals surface area contributed by atoms with Crippen LogP contribution in [0.4, 0.5) is 0 Å². The molecule has 0 aromatic heterocycles. The number of amides is 2. The van der Waals surface area contributed by atoms with Crippen molar-refractivity contribution in [2.45, 2.75) is 25.8 Å². The second-order valence-corrected chi connectivity index (χ2v) is 5.52. The van der Waals surface area contributed by atoms with Gasteiger partial charge in [-0.05, 0) is 24.1 Å². The van der Waals surface area contributed by atoms with E-state index in [0.717, 1.165) is 10.0 Å². The van der Waals surface area contributed by atoms with Gasteiger partial charge in [0.1, 0.15) is 6.04 Å². The summed E-state index contributed by atoms with van der Waals surface area (Å²) in [6, 6.07) is 7.36. The highest BCUT2D eigenvalue weighted by molar-refractivity contribution is 9.10. The van der Waals surface area contributed by atoms with Crippen LogP contribution in [0, 0.1) is 0 Å². The monoisotopic (exact) mass is 324 g/mol. The average molecular weight is 325 g/mol. The average Bonchev–Trinajstić information content (AvgIpc) is 2.41. The number of hydrogen-bond acceptors (Lipinski definition) is 2. The van der Waals surface area contributed by atoms with Gasteiger partial charge < -0.3 is 10.2 Å². The first-order valence-corrected chi connectivity index (χ1v) is 7.22. The highest BCUT2D eigenvalue weighted by Crippen LogP contribution is 2.14. The van der Waals surface area contributed by atoms with E-state index in [1.54, 1.807) is 4.90 Å². The lowest BCUT2D eigenvalue weighted by molar-refractivity contribution is -0.142. The third-order valence-electron chi connectivity index (χ3n) is 3.31. The molecule has 2 amide bonds. The van der Waals surface area contributed by atoms with Crippen LogP contribution in [0.5, 0.6) is 0 Å². The Morgan fingerprint density at radius 2 is 2.11 bits per heavy atom. The number of piperazine rings is 1. The van der Waals surface area contributed by atoms with Gasteiger partial charge in [0.2, 0.25) is 11.8 Å². The predicted octanol–water partition coefficient (Wildman–Crippen LogP) is 1.73. The van der Waals surface area contributed by atoms with Gasteiger partial charge >= 0.3 is 0 Å². The number of rotatable bonds is 3. The fraction of sp³-hybridized carbons (Fsp3) is 0.429. The van der Waals surface area contributed by atoms with Crippen LogP contribution in [-0.4, -0.2) is 35.8 Å². The van der Waals surface area contributed by atoms with Crippen LogP contribution in [0.1, 0.15) is 18.9 Å². The molecule has 1 aliphatic heterocycles. The Labute approximate surface area is 121 Å². The lowest BCUT2D eigenvalue weighted by Crippen LogP contribution is -2.57. The van der Waals surface area contributed by atoms with E-state index >= 15 is 0 Å². The fourth-order valence-electron chi connectivity index (χ4n) is 2.30. The zero-order chi connectivity index (χ0) is 13.8. The van der Waals surface area contributed by atoms with E-state index in [0.29, 0.717) is 25.9 Å². The minimum atomic E-state index is -0.323. The van der Waals surface area contributed by atoms with Gasteiger partial charge in [0.05, 0.1) is 6.42 Å². The lowest BCUT2D eigenvalue weighted by Gasteiger charge is -2.34. The number of carbonyl (C=O) groups is 2. The van der Waals surface area contributed by atoms with Crippen molar-refractivity contribution >= 4 is 27.7 Å². The van der Waals surface area contributed by atoms with Gasteiger partial charge in [-0.15, -0.1) is 0 Å². The highest BCUT2D eigenvalue weighted by atomic mass is 79.9. The van der Waals surface area contributed by atoms with Crippen molar-refractivity contribution in [1.82, 2.24) is 10.2 Å². The molecule has 1 aromatic carbocycles. The molecule has 0 spiro atoms. The Bertz CT molecular complexity index is 473. The molecule has 1 saturated heterocycles. The molecule has 2 rings (SSSR count). The van der Waals surface area contributed by atoms with Gasteiger partial charge in [-0.25, -0.2) is 0 Å². The highest BCUT2D eigenvalue weighted by Gasteiger charge is 2.31. The molecule has 19 heavy (non-hydrogen) atoms. The quantitative estimate of drug-likeness (QED) is 0.920. The number of hydrogen-bond donors (Lipinski definition) is 1. The van der Waals surface area contributed by atoms with Crippen LogP contribution >= 0.6 is 15.9 Å². The number of halogens is 1. The number of nitrogens with zero attached hydrogens (tertiary/aromatic N) is 1. The van der Waals surface area contributed by atoms with Crippen LogP contribution in [0.3, 0.4) is 0 Å². The second-order valence-electron chi connectivity index (χ2n) is 4.61. The predicted molar refractivity (Wildman–Crippen MR) is 76.6 cm³/mol. The Kier molecular flexibility index (Phi) is 4.58. The standard InChI is InChI=1S/C14H17BrN2O2/c1-2-12-14(19)16-7-8-17(12)13(18)9-10-3-5-11(15)6-4-10/h3-6,12H,2,7-9H2,1H3,(H,16,19). The van der Waals surface area contributed by atoms with E-state index in [1.807, 2.05) is 31.2 Å². The SMILES string of the molecule is CCC1C(=O)NCCN1C(=O)Cc1ccc(Br)cc1. The largest absolute Gasteiger partial charge is 0.353 e. The fourth-order valence-corrected chi connectivity index (χ4v) is 2.56. The third-order valence-corrected chi connectivity index (χ3v) is 3.84. The minimum absolute atomic E-state index is 0.0176. The molecule has 1 fully saturated rings. The van der Waals surface area contributed by atoms with Crippen molar-refractivity contribution in [2.24, 2.45) is 0 Å². The summed E-state index contributed by atoms with van der Waals surface area (Å²) in [5, 5.41) is 2.80.